The van der Waals surface area contributed by atoms with Crippen molar-refractivity contribution in [2.24, 2.45) is 5.73 Å². The summed E-state index contributed by atoms with van der Waals surface area (Å²) < 4.78 is 13.5. The molecule has 0 aliphatic carbocycles. The molecule has 0 aliphatic heterocycles. The van der Waals surface area contributed by atoms with Gasteiger partial charge in [-0.25, -0.2) is 0 Å². The van der Waals surface area contributed by atoms with E-state index in [0.717, 1.165) is 17.7 Å². The van der Waals surface area contributed by atoms with Crippen LogP contribution in [0.15, 0.2) is 48.5 Å². The summed E-state index contributed by atoms with van der Waals surface area (Å²) in [6, 6.07) is 9.46. The fraction of sp³-hybridized carbons (Fsp3) is 0.300. The van der Waals surface area contributed by atoms with E-state index in [2.05, 4.69) is 10.6 Å². The Morgan fingerprint density at radius 2 is 1.84 bits per heavy atom. The maximum atomic E-state index is 13.5. The summed E-state index contributed by atoms with van der Waals surface area (Å²) >= 11 is 0. The van der Waals surface area contributed by atoms with E-state index < -0.39 is 53.0 Å². The highest BCUT2D eigenvalue weighted by atomic mass is 19.1. The van der Waals surface area contributed by atoms with E-state index >= 15 is 0 Å². The maximum Gasteiger partial charge on any atom is 0.305 e. The van der Waals surface area contributed by atoms with Gasteiger partial charge in [0.2, 0.25) is 17.6 Å². The molecule has 0 fully saturated rings. The van der Waals surface area contributed by atoms with Crippen molar-refractivity contribution in [1.29, 1.82) is 0 Å². The van der Waals surface area contributed by atoms with Crippen LogP contribution in [0.4, 0.5) is 10.1 Å². The third kappa shape index (κ3) is 6.81. The van der Waals surface area contributed by atoms with Gasteiger partial charge < -0.3 is 26.6 Å². The molecule has 3 atom stereocenters. The third-order valence-corrected chi connectivity index (χ3v) is 4.47. The van der Waals surface area contributed by atoms with Crippen molar-refractivity contribution in [1.82, 2.24) is 10.6 Å². The first-order chi connectivity index (χ1) is 14.7. The zero-order valence-corrected chi connectivity index (χ0v) is 16.4. The van der Waals surface area contributed by atoms with Crippen molar-refractivity contribution in [2.75, 3.05) is 13.2 Å². The summed E-state index contributed by atoms with van der Waals surface area (Å²) in [5.41, 5.74) is 5.48. The molecule has 2 rings (SSSR count). The number of nitrogens with two attached hydrogens (primary N) is 1. The molecule has 1 unspecified atom stereocenters. The molecule has 11 heteroatoms. The average Bonchev–Trinajstić information content (AvgIpc) is 2.76. The van der Waals surface area contributed by atoms with Gasteiger partial charge in [0, 0.05) is 19.0 Å². The Balaban J connectivity index is 2.09. The van der Waals surface area contributed by atoms with Crippen LogP contribution in [0.1, 0.15) is 17.2 Å². The van der Waals surface area contributed by atoms with E-state index in [9.17, 15) is 29.2 Å². The monoisotopic (exact) mass is 434 g/mol. The van der Waals surface area contributed by atoms with Crippen LogP contribution in [0.25, 0.3) is 0 Å². The second kappa shape index (κ2) is 11.1. The predicted octanol–water partition coefficient (Wildman–Crippen LogP) is -0.0694. The van der Waals surface area contributed by atoms with E-state index in [-0.39, 0.29) is 18.5 Å². The number of halogens is 1. The molecule has 0 aliphatic rings. The molecule has 0 radical (unpaired) electrons. The number of carbonyl (C=O) groups excluding carboxylic acids is 2. The highest BCUT2D eigenvalue weighted by Gasteiger charge is 2.25. The predicted molar refractivity (Wildman–Crippen MR) is 108 cm³/mol. The van der Waals surface area contributed by atoms with Gasteiger partial charge in [-0.15, -0.1) is 0 Å². The second-order valence-corrected chi connectivity index (χ2v) is 6.77. The summed E-state index contributed by atoms with van der Waals surface area (Å²) in [6.07, 6.45) is -1.23. The number of rotatable bonds is 10. The Morgan fingerprint density at radius 1 is 1.16 bits per heavy atom. The minimum Gasteiger partial charge on any atom is -0.394 e. The van der Waals surface area contributed by atoms with Gasteiger partial charge in [0.25, 0.3) is 0 Å². The summed E-state index contributed by atoms with van der Waals surface area (Å²) in [7, 11) is 0. The molecule has 0 bridgehead atoms. The average molecular weight is 434 g/mol. The molecule has 0 saturated heterocycles. The van der Waals surface area contributed by atoms with E-state index in [4.69, 9.17) is 10.8 Å². The summed E-state index contributed by atoms with van der Waals surface area (Å²) in [5, 5.41) is 35.0. The summed E-state index contributed by atoms with van der Waals surface area (Å²) in [5.74, 6) is -2.41. The Labute approximate surface area is 177 Å². The molecule has 2 amide bonds. The minimum atomic E-state index is -1.35. The minimum absolute atomic E-state index is 0.0411. The normalized spacial score (nSPS) is 13.7. The molecule has 31 heavy (non-hydrogen) atoms. The highest BCUT2D eigenvalue weighted by molar-refractivity contribution is 5.90. The fourth-order valence-corrected chi connectivity index (χ4v) is 2.74. The number of amides is 2. The Hall–Kier alpha value is -3.41. The number of nitro groups is 1. The van der Waals surface area contributed by atoms with E-state index in [0.29, 0.717) is 0 Å². The van der Waals surface area contributed by atoms with Crippen molar-refractivity contribution < 1.29 is 29.1 Å². The lowest BCUT2D eigenvalue weighted by atomic mass is 10.0. The quantitative estimate of drug-likeness (QED) is 0.258. The molecule has 10 nitrogen and oxygen atoms in total. The van der Waals surface area contributed by atoms with Crippen molar-refractivity contribution in [3.8, 4) is 0 Å². The lowest BCUT2D eigenvalue weighted by Gasteiger charge is -2.21. The molecule has 166 valence electrons. The lowest BCUT2D eigenvalue weighted by Crippen LogP contribution is -2.53. The topological polar surface area (TPSA) is 168 Å². The first kappa shape index (κ1) is 23.9. The molecule has 0 spiro atoms. The second-order valence-electron chi connectivity index (χ2n) is 6.77. The molecule has 0 aromatic heterocycles. The Morgan fingerprint density at radius 3 is 2.45 bits per heavy atom. The van der Waals surface area contributed by atoms with Gasteiger partial charge in [0.15, 0.2) is 0 Å². The largest absolute Gasteiger partial charge is 0.394 e. The molecule has 2 aromatic carbocycles. The van der Waals surface area contributed by atoms with Gasteiger partial charge in [-0.2, -0.15) is 4.39 Å². The van der Waals surface area contributed by atoms with Crippen LogP contribution in [0.2, 0.25) is 0 Å². The first-order valence-electron chi connectivity index (χ1n) is 9.33. The number of hydrogen-bond acceptors (Lipinski definition) is 7. The molecule has 6 N–H and O–H groups in total. The van der Waals surface area contributed by atoms with Crippen molar-refractivity contribution in [2.45, 2.75) is 24.6 Å². The van der Waals surface area contributed by atoms with Gasteiger partial charge >= 0.3 is 5.69 Å². The zero-order valence-electron chi connectivity index (χ0n) is 16.4. The number of nitro benzene ring substituents is 1. The number of hydrogen-bond donors (Lipinski definition) is 5. The van der Waals surface area contributed by atoms with E-state index in [1.54, 1.807) is 30.3 Å². The van der Waals surface area contributed by atoms with Crippen LogP contribution >= 0.6 is 0 Å². The van der Waals surface area contributed by atoms with Crippen molar-refractivity contribution >= 4 is 17.5 Å². The van der Waals surface area contributed by atoms with Crippen LogP contribution in [-0.4, -0.2) is 52.2 Å². The van der Waals surface area contributed by atoms with Crippen LogP contribution in [0, 0.1) is 15.9 Å². The zero-order chi connectivity index (χ0) is 23.0. The molecular weight excluding hydrogens is 411 g/mol. The number of aliphatic hydroxyl groups is 2. The Kier molecular flexibility index (Phi) is 8.55. The van der Waals surface area contributed by atoms with Gasteiger partial charge in [0.05, 0.1) is 17.6 Å². The summed E-state index contributed by atoms with van der Waals surface area (Å²) in [4.78, 5) is 34.6. The van der Waals surface area contributed by atoms with Gasteiger partial charge in [-0.3, -0.25) is 19.7 Å². The number of nitrogens with zero attached hydrogens (tertiary/aromatic N) is 1. The smallest absolute Gasteiger partial charge is 0.305 e. The third-order valence-electron chi connectivity index (χ3n) is 4.47. The molecule has 2 aromatic rings. The van der Waals surface area contributed by atoms with Crippen molar-refractivity contribution in [3.05, 3.63) is 75.6 Å². The molecule has 0 saturated carbocycles. The highest BCUT2D eigenvalue weighted by Crippen LogP contribution is 2.22. The van der Waals surface area contributed by atoms with Crippen LogP contribution in [0.3, 0.4) is 0 Å². The van der Waals surface area contributed by atoms with Gasteiger partial charge in [0.1, 0.15) is 12.1 Å². The first-order valence-corrected chi connectivity index (χ1v) is 9.33. The fourth-order valence-electron chi connectivity index (χ4n) is 2.74. The standard InChI is InChI=1S/C20H23FN4O6/c21-14-7-6-13(9-17(14)25(30)31)18(27)10-23-20(29)16(24-19(28)15(22)11-26)8-12-4-2-1-3-5-12/h1-7,9,15-16,18,26-27H,8,10-11,22H2,(H,23,29)(H,24,28)/t15-,16-,18?/m0/s1. The lowest BCUT2D eigenvalue weighted by molar-refractivity contribution is -0.387. The SMILES string of the molecule is N[C@@H](CO)C(=O)N[C@@H](Cc1ccccc1)C(=O)NCC(O)c1ccc(F)c([N+](=O)[O-])c1. The molecular formula is C20H23FN4O6. The van der Waals surface area contributed by atoms with Crippen LogP contribution < -0.4 is 16.4 Å². The van der Waals surface area contributed by atoms with Gasteiger partial charge in [-0.1, -0.05) is 36.4 Å². The maximum absolute atomic E-state index is 13.5. The van der Waals surface area contributed by atoms with Crippen molar-refractivity contribution in [3.63, 3.8) is 0 Å². The number of benzene rings is 2. The van der Waals surface area contributed by atoms with E-state index in [1.165, 1.54) is 6.07 Å². The molecule has 0 heterocycles. The summed E-state index contributed by atoms with van der Waals surface area (Å²) in [6.45, 7) is -0.942. The van der Waals surface area contributed by atoms with Crippen LogP contribution in [0.5, 0.6) is 0 Å². The van der Waals surface area contributed by atoms with E-state index in [1.807, 2.05) is 0 Å². The number of nitrogens with one attached hydrogen (secondary N) is 2. The number of aliphatic hydroxyl groups excluding tert-OH is 2. The Bertz CT molecular complexity index is 927. The van der Waals surface area contributed by atoms with Crippen LogP contribution in [-0.2, 0) is 16.0 Å². The van der Waals surface area contributed by atoms with Gasteiger partial charge in [-0.05, 0) is 17.2 Å². The number of carbonyl (C=O) groups is 2.